The molecule has 0 atom stereocenters. The van der Waals surface area contributed by atoms with Crippen LogP contribution in [0.25, 0.3) is 10.9 Å². The van der Waals surface area contributed by atoms with Gasteiger partial charge in [-0.15, -0.1) is 0 Å². The SMILES string of the molecule is c1ccc(CNc2c3c(nc4ccccc24)NCC3)cc1. The number of hydrogen-bond acceptors (Lipinski definition) is 3. The van der Waals surface area contributed by atoms with E-state index in [1.165, 1.54) is 22.2 Å². The van der Waals surface area contributed by atoms with Crippen molar-refractivity contribution in [1.29, 1.82) is 0 Å². The summed E-state index contributed by atoms with van der Waals surface area (Å²) in [7, 11) is 0. The van der Waals surface area contributed by atoms with Crippen LogP contribution in [-0.4, -0.2) is 11.5 Å². The lowest BCUT2D eigenvalue weighted by atomic mass is 10.1. The van der Waals surface area contributed by atoms with Gasteiger partial charge in [-0.1, -0.05) is 48.5 Å². The lowest BCUT2D eigenvalue weighted by Crippen LogP contribution is -2.03. The average Bonchev–Trinajstić information content (AvgIpc) is 3.00. The minimum Gasteiger partial charge on any atom is -0.380 e. The number of nitrogens with zero attached hydrogens (tertiary/aromatic N) is 1. The highest BCUT2D eigenvalue weighted by Crippen LogP contribution is 2.34. The maximum Gasteiger partial charge on any atom is 0.132 e. The molecular formula is C18H17N3. The minimum atomic E-state index is 0.835. The molecule has 0 fully saturated rings. The molecule has 0 amide bonds. The van der Waals surface area contributed by atoms with E-state index in [1.54, 1.807) is 0 Å². The van der Waals surface area contributed by atoms with Gasteiger partial charge in [0, 0.05) is 24.0 Å². The summed E-state index contributed by atoms with van der Waals surface area (Å²) in [6.07, 6.45) is 1.03. The Bertz CT molecular complexity index is 781. The molecule has 0 radical (unpaired) electrons. The summed E-state index contributed by atoms with van der Waals surface area (Å²) in [5.41, 5.74) is 4.87. The van der Waals surface area contributed by atoms with E-state index < -0.39 is 0 Å². The lowest BCUT2D eigenvalue weighted by molar-refractivity contribution is 1.09. The molecule has 3 aromatic rings. The van der Waals surface area contributed by atoms with Gasteiger partial charge >= 0.3 is 0 Å². The topological polar surface area (TPSA) is 37.0 Å². The van der Waals surface area contributed by atoms with E-state index >= 15 is 0 Å². The molecule has 2 N–H and O–H groups in total. The quantitative estimate of drug-likeness (QED) is 0.763. The highest BCUT2D eigenvalue weighted by molar-refractivity contribution is 5.96. The molecule has 2 heterocycles. The Hall–Kier alpha value is -2.55. The van der Waals surface area contributed by atoms with Gasteiger partial charge < -0.3 is 10.6 Å². The van der Waals surface area contributed by atoms with E-state index in [-0.39, 0.29) is 0 Å². The first kappa shape index (κ1) is 12.2. The molecule has 1 aliphatic rings. The number of nitrogens with one attached hydrogen (secondary N) is 2. The molecule has 1 aliphatic heterocycles. The fourth-order valence-electron chi connectivity index (χ4n) is 2.94. The largest absolute Gasteiger partial charge is 0.380 e. The van der Waals surface area contributed by atoms with Gasteiger partial charge in [0.15, 0.2) is 0 Å². The Morgan fingerprint density at radius 2 is 1.81 bits per heavy atom. The van der Waals surface area contributed by atoms with Crippen LogP contribution in [0.3, 0.4) is 0 Å². The van der Waals surface area contributed by atoms with Crippen LogP contribution < -0.4 is 10.6 Å². The first-order valence-electron chi connectivity index (χ1n) is 7.35. The first-order chi connectivity index (χ1) is 10.4. The van der Waals surface area contributed by atoms with Crippen molar-refractivity contribution in [3.8, 4) is 0 Å². The van der Waals surface area contributed by atoms with Crippen molar-refractivity contribution in [2.45, 2.75) is 13.0 Å². The monoisotopic (exact) mass is 275 g/mol. The summed E-state index contributed by atoms with van der Waals surface area (Å²) in [4.78, 5) is 4.72. The van der Waals surface area contributed by atoms with Crippen LogP contribution in [0.4, 0.5) is 11.5 Å². The van der Waals surface area contributed by atoms with Crippen molar-refractivity contribution in [2.75, 3.05) is 17.2 Å². The number of rotatable bonds is 3. The standard InChI is InChI=1S/C18H17N3/c1-2-6-13(7-3-1)12-20-17-14-8-4-5-9-16(14)21-18-15(17)10-11-19-18/h1-9H,10-12H2,(H2,19,20,21). The molecule has 1 aromatic heterocycles. The molecule has 0 aliphatic carbocycles. The fraction of sp³-hybridized carbons (Fsp3) is 0.167. The van der Waals surface area contributed by atoms with Gasteiger partial charge in [-0.3, -0.25) is 0 Å². The summed E-state index contributed by atoms with van der Waals surface area (Å²) in [6, 6.07) is 18.8. The minimum absolute atomic E-state index is 0.835. The second-order valence-electron chi connectivity index (χ2n) is 5.35. The summed E-state index contributed by atoms with van der Waals surface area (Å²) in [6.45, 7) is 1.81. The molecule has 0 unspecified atom stereocenters. The number of fused-ring (bicyclic) bond motifs is 2. The zero-order valence-electron chi connectivity index (χ0n) is 11.8. The maximum atomic E-state index is 4.72. The second kappa shape index (κ2) is 5.09. The molecule has 21 heavy (non-hydrogen) atoms. The van der Waals surface area contributed by atoms with Crippen LogP contribution in [0, 0.1) is 0 Å². The lowest BCUT2D eigenvalue weighted by Gasteiger charge is -2.14. The van der Waals surface area contributed by atoms with E-state index in [1.807, 2.05) is 12.1 Å². The average molecular weight is 275 g/mol. The van der Waals surface area contributed by atoms with Crippen molar-refractivity contribution < 1.29 is 0 Å². The maximum absolute atomic E-state index is 4.72. The van der Waals surface area contributed by atoms with Gasteiger partial charge in [0.05, 0.1) is 11.2 Å². The Morgan fingerprint density at radius 1 is 1.00 bits per heavy atom. The molecule has 2 aromatic carbocycles. The normalized spacial score (nSPS) is 13.0. The molecule has 0 saturated carbocycles. The third kappa shape index (κ3) is 2.21. The van der Waals surface area contributed by atoms with E-state index in [2.05, 4.69) is 53.1 Å². The van der Waals surface area contributed by atoms with Crippen molar-refractivity contribution in [3.63, 3.8) is 0 Å². The Balaban J connectivity index is 1.76. The van der Waals surface area contributed by atoms with Gasteiger partial charge in [-0.05, 0) is 18.1 Å². The summed E-state index contributed by atoms with van der Waals surface area (Å²) in [5, 5.41) is 8.21. The van der Waals surface area contributed by atoms with Crippen molar-refractivity contribution in [3.05, 3.63) is 65.7 Å². The molecular weight excluding hydrogens is 258 g/mol. The van der Waals surface area contributed by atoms with Crippen molar-refractivity contribution >= 4 is 22.4 Å². The molecule has 0 bridgehead atoms. The molecule has 0 saturated heterocycles. The Labute approximate surface area is 124 Å². The number of hydrogen-bond donors (Lipinski definition) is 2. The highest BCUT2D eigenvalue weighted by Gasteiger charge is 2.18. The van der Waals surface area contributed by atoms with E-state index in [9.17, 15) is 0 Å². The van der Waals surface area contributed by atoms with Gasteiger partial charge in [0.1, 0.15) is 5.82 Å². The summed E-state index contributed by atoms with van der Waals surface area (Å²) in [5.74, 6) is 1.03. The smallest absolute Gasteiger partial charge is 0.132 e. The molecule has 104 valence electrons. The number of para-hydroxylation sites is 1. The number of anilines is 2. The van der Waals surface area contributed by atoms with Gasteiger partial charge in [0.25, 0.3) is 0 Å². The molecule has 0 spiro atoms. The van der Waals surface area contributed by atoms with E-state index in [4.69, 9.17) is 4.98 Å². The molecule has 3 heteroatoms. The zero-order valence-corrected chi connectivity index (χ0v) is 11.8. The van der Waals surface area contributed by atoms with Gasteiger partial charge in [0.2, 0.25) is 0 Å². The van der Waals surface area contributed by atoms with Crippen LogP contribution in [0.15, 0.2) is 54.6 Å². The third-order valence-corrected chi connectivity index (χ3v) is 3.97. The van der Waals surface area contributed by atoms with Gasteiger partial charge in [-0.25, -0.2) is 4.98 Å². The van der Waals surface area contributed by atoms with Gasteiger partial charge in [-0.2, -0.15) is 0 Å². The Morgan fingerprint density at radius 3 is 2.71 bits per heavy atom. The first-order valence-corrected chi connectivity index (χ1v) is 7.35. The summed E-state index contributed by atoms with van der Waals surface area (Å²) < 4.78 is 0. The molecule has 4 rings (SSSR count). The molecule has 3 nitrogen and oxygen atoms in total. The number of aromatic nitrogens is 1. The van der Waals surface area contributed by atoms with Crippen molar-refractivity contribution in [2.24, 2.45) is 0 Å². The predicted molar refractivity (Wildman–Crippen MR) is 87.7 cm³/mol. The van der Waals surface area contributed by atoms with Crippen LogP contribution in [0.5, 0.6) is 0 Å². The summed E-state index contributed by atoms with van der Waals surface area (Å²) >= 11 is 0. The van der Waals surface area contributed by atoms with Crippen LogP contribution in [0.1, 0.15) is 11.1 Å². The van der Waals surface area contributed by atoms with E-state index in [0.717, 1.165) is 30.8 Å². The predicted octanol–water partition coefficient (Wildman–Crippen LogP) is 3.81. The van der Waals surface area contributed by atoms with Crippen LogP contribution >= 0.6 is 0 Å². The third-order valence-electron chi connectivity index (χ3n) is 3.97. The van der Waals surface area contributed by atoms with Crippen LogP contribution in [-0.2, 0) is 13.0 Å². The van der Waals surface area contributed by atoms with Crippen LogP contribution in [0.2, 0.25) is 0 Å². The second-order valence-corrected chi connectivity index (χ2v) is 5.35. The Kier molecular flexibility index (Phi) is 2.96. The fourth-order valence-corrected chi connectivity index (χ4v) is 2.94. The van der Waals surface area contributed by atoms with Crippen molar-refractivity contribution in [1.82, 2.24) is 4.98 Å². The number of benzene rings is 2. The zero-order chi connectivity index (χ0) is 14.1. The number of pyridine rings is 1. The van der Waals surface area contributed by atoms with E-state index in [0.29, 0.717) is 0 Å². The highest BCUT2D eigenvalue weighted by atomic mass is 15.0.